The van der Waals surface area contributed by atoms with E-state index in [1.165, 1.54) is 49.8 Å². The van der Waals surface area contributed by atoms with E-state index in [9.17, 15) is 13.2 Å². The third kappa shape index (κ3) is 7.29. The topological polar surface area (TPSA) is 102 Å². The number of ether oxygens (including phenoxy) is 1. The zero-order chi connectivity index (χ0) is 24.0. The smallest absolute Gasteiger partial charge is 0.238 e. The van der Waals surface area contributed by atoms with E-state index in [1.807, 2.05) is 24.3 Å². The van der Waals surface area contributed by atoms with Gasteiger partial charge in [0.25, 0.3) is 0 Å². The summed E-state index contributed by atoms with van der Waals surface area (Å²) in [7, 11) is -3.71. The van der Waals surface area contributed by atoms with Gasteiger partial charge in [-0.25, -0.2) is 13.6 Å². The number of hydrogen-bond acceptors (Lipinski definition) is 5. The Morgan fingerprint density at radius 1 is 0.912 bits per heavy atom. The van der Waals surface area contributed by atoms with Crippen molar-refractivity contribution in [3.63, 3.8) is 0 Å². The minimum Gasteiger partial charge on any atom is -0.457 e. The van der Waals surface area contributed by atoms with Crippen LogP contribution in [0.3, 0.4) is 0 Å². The van der Waals surface area contributed by atoms with Gasteiger partial charge in [0, 0.05) is 32.1 Å². The van der Waals surface area contributed by atoms with Crippen molar-refractivity contribution in [1.82, 2.24) is 10.2 Å². The number of likely N-dealkylation sites (tertiary alicyclic amines) is 1. The van der Waals surface area contributed by atoms with Gasteiger partial charge in [-0.15, -0.1) is 0 Å². The maximum absolute atomic E-state index is 12.4. The molecule has 34 heavy (non-hydrogen) atoms. The molecular weight excluding hydrogens is 450 g/mol. The molecule has 0 unspecified atom stereocenters. The van der Waals surface area contributed by atoms with E-state index in [2.05, 4.69) is 10.2 Å². The number of hydrogen-bond donors (Lipinski definition) is 2. The second-order valence-corrected chi connectivity index (χ2v) is 11.1. The summed E-state index contributed by atoms with van der Waals surface area (Å²) >= 11 is 0. The van der Waals surface area contributed by atoms with Crippen LogP contribution in [0.1, 0.15) is 56.9 Å². The zero-order valence-electron chi connectivity index (χ0n) is 19.6. The number of sulfonamides is 1. The van der Waals surface area contributed by atoms with Crippen LogP contribution in [0, 0.1) is 5.92 Å². The molecule has 0 bridgehead atoms. The highest BCUT2D eigenvalue weighted by molar-refractivity contribution is 7.89. The number of benzene rings is 2. The monoisotopic (exact) mass is 485 g/mol. The van der Waals surface area contributed by atoms with Gasteiger partial charge in [-0.3, -0.25) is 9.69 Å². The van der Waals surface area contributed by atoms with Crippen LogP contribution < -0.4 is 15.2 Å². The van der Waals surface area contributed by atoms with Crippen molar-refractivity contribution in [3.05, 3.63) is 54.1 Å². The van der Waals surface area contributed by atoms with Gasteiger partial charge in [-0.1, -0.05) is 31.4 Å². The number of rotatable bonds is 8. The van der Waals surface area contributed by atoms with Crippen molar-refractivity contribution >= 4 is 15.9 Å². The highest BCUT2D eigenvalue weighted by atomic mass is 32.2. The summed E-state index contributed by atoms with van der Waals surface area (Å²) in [5, 5.41) is 8.40. The molecule has 2 aliphatic rings. The normalized spacial score (nSPS) is 18.5. The molecule has 2 aromatic rings. The predicted octanol–water partition coefficient (Wildman–Crippen LogP) is 4.18. The summed E-state index contributed by atoms with van der Waals surface area (Å²) in [4.78, 5) is 14.9. The van der Waals surface area contributed by atoms with Crippen LogP contribution >= 0.6 is 0 Å². The second kappa shape index (κ2) is 11.3. The van der Waals surface area contributed by atoms with Crippen molar-refractivity contribution in [2.24, 2.45) is 11.1 Å². The summed E-state index contributed by atoms with van der Waals surface area (Å²) in [6, 6.07) is 14.3. The maximum atomic E-state index is 12.4. The average molecular weight is 486 g/mol. The first kappa shape index (κ1) is 24.7. The van der Waals surface area contributed by atoms with Crippen molar-refractivity contribution in [1.29, 1.82) is 0 Å². The quantitative estimate of drug-likeness (QED) is 0.584. The van der Waals surface area contributed by atoms with Gasteiger partial charge in [-0.05, 0) is 73.6 Å². The third-order valence-corrected chi connectivity index (χ3v) is 7.80. The van der Waals surface area contributed by atoms with E-state index in [0.29, 0.717) is 29.9 Å². The number of nitrogens with zero attached hydrogens (tertiary/aromatic N) is 1. The van der Waals surface area contributed by atoms with E-state index in [0.717, 1.165) is 32.5 Å². The zero-order valence-corrected chi connectivity index (χ0v) is 20.4. The molecule has 0 atom stereocenters. The number of carbonyl (C=O) groups excluding carboxylic acids is 1. The van der Waals surface area contributed by atoms with Crippen LogP contribution in [0.4, 0.5) is 0 Å². The molecule has 3 N–H and O–H groups in total. The van der Waals surface area contributed by atoms with Crippen LogP contribution in [0.5, 0.6) is 11.5 Å². The van der Waals surface area contributed by atoms with Gasteiger partial charge >= 0.3 is 0 Å². The molecule has 1 aliphatic carbocycles. The number of carbonyl (C=O) groups is 1. The predicted molar refractivity (Wildman–Crippen MR) is 132 cm³/mol. The number of piperidine rings is 1. The molecule has 1 amide bonds. The molecule has 4 rings (SSSR count). The summed E-state index contributed by atoms with van der Waals surface area (Å²) in [5.41, 5.74) is 1.21. The van der Waals surface area contributed by atoms with Crippen LogP contribution in [0.25, 0.3) is 0 Å². The molecule has 1 heterocycles. The Balaban J connectivity index is 1.19. The Labute approximate surface area is 202 Å². The van der Waals surface area contributed by atoms with E-state index in [-0.39, 0.29) is 10.8 Å². The van der Waals surface area contributed by atoms with Gasteiger partial charge in [0.2, 0.25) is 15.9 Å². The van der Waals surface area contributed by atoms with E-state index in [1.54, 1.807) is 12.1 Å². The fourth-order valence-electron chi connectivity index (χ4n) is 4.93. The fraction of sp³-hybridized carbons (Fsp3) is 0.500. The summed E-state index contributed by atoms with van der Waals surface area (Å²) < 4.78 is 28.5. The van der Waals surface area contributed by atoms with Crippen LogP contribution in [-0.2, 0) is 21.4 Å². The van der Waals surface area contributed by atoms with Crippen molar-refractivity contribution in [2.75, 3.05) is 13.1 Å². The molecule has 0 radical (unpaired) electrons. The molecule has 2 aromatic carbocycles. The van der Waals surface area contributed by atoms with Gasteiger partial charge < -0.3 is 10.1 Å². The van der Waals surface area contributed by atoms with Gasteiger partial charge in [0.15, 0.2) is 0 Å². The van der Waals surface area contributed by atoms with Crippen LogP contribution in [0.2, 0.25) is 0 Å². The van der Waals surface area contributed by atoms with E-state index >= 15 is 0 Å². The lowest BCUT2D eigenvalue weighted by atomic mass is 9.86. The summed E-state index contributed by atoms with van der Waals surface area (Å²) in [6.45, 7) is 2.82. The number of nitrogens with one attached hydrogen (secondary N) is 1. The van der Waals surface area contributed by atoms with E-state index < -0.39 is 10.0 Å². The molecule has 2 fully saturated rings. The Morgan fingerprint density at radius 2 is 1.50 bits per heavy atom. The van der Waals surface area contributed by atoms with Gasteiger partial charge in [-0.2, -0.15) is 0 Å². The number of primary sulfonamides is 1. The Bertz CT molecular complexity index is 1040. The number of amides is 1. The first-order valence-corrected chi connectivity index (χ1v) is 13.8. The Morgan fingerprint density at radius 3 is 2.09 bits per heavy atom. The minimum absolute atomic E-state index is 0.0581. The van der Waals surface area contributed by atoms with Gasteiger partial charge in [0.1, 0.15) is 11.5 Å². The first-order valence-electron chi connectivity index (χ1n) is 12.3. The number of nitrogens with two attached hydrogens (primary N) is 1. The lowest BCUT2D eigenvalue weighted by molar-refractivity contribution is -0.123. The third-order valence-electron chi connectivity index (χ3n) is 6.87. The molecule has 184 valence electrons. The fourth-order valence-corrected chi connectivity index (χ4v) is 5.45. The summed E-state index contributed by atoms with van der Waals surface area (Å²) in [6.07, 6.45) is 8.98. The minimum atomic E-state index is -3.71. The first-order chi connectivity index (χ1) is 16.3. The van der Waals surface area contributed by atoms with Crippen molar-refractivity contribution in [3.8, 4) is 11.5 Å². The maximum Gasteiger partial charge on any atom is 0.238 e. The summed E-state index contributed by atoms with van der Waals surface area (Å²) in [5.74, 6) is 2.06. The highest BCUT2D eigenvalue weighted by Gasteiger charge is 2.23. The van der Waals surface area contributed by atoms with Crippen LogP contribution in [0.15, 0.2) is 53.4 Å². The molecular formula is C26H35N3O4S. The molecule has 1 saturated carbocycles. The molecule has 1 saturated heterocycles. The van der Waals surface area contributed by atoms with Crippen molar-refractivity contribution < 1.29 is 17.9 Å². The lowest BCUT2D eigenvalue weighted by Gasteiger charge is -2.32. The lowest BCUT2D eigenvalue weighted by Crippen LogP contribution is -2.44. The highest BCUT2D eigenvalue weighted by Crippen LogP contribution is 2.27. The standard InChI is InChI=1S/C26H35N3O4S/c27-34(31,32)25-12-10-24(11-13-25)33-23-8-6-21(7-9-23)19-29-16-14-22(15-17-29)28-26(30)18-20-4-2-1-3-5-20/h6-13,20,22H,1-5,14-19H2,(H,28,30)(H2,27,31,32). The van der Waals surface area contributed by atoms with Crippen molar-refractivity contribution in [2.45, 2.75) is 68.8 Å². The van der Waals surface area contributed by atoms with E-state index in [4.69, 9.17) is 9.88 Å². The largest absolute Gasteiger partial charge is 0.457 e. The SMILES string of the molecule is NS(=O)(=O)c1ccc(Oc2ccc(CN3CCC(NC(=O)CC4CCCCC4)CC3)cc2)cc1. The Kier molecular flexibility index (Phi) is 8.24. The molecule has 1 aliphatic heterocycles. The second-order valence-electron chi connectivity index (χ2n) is 9.59. The van der Waals surface area contributed by atoms with Crippen LogP contribution in [-0.4, -0.2) is 38.4 Å². The molecule has 8 heteroatoms. The Hall–Kier alpha value is -2.42. The molecule has 7 nitrogen and oxygen atoms in total. The average Bonchev–Trinajstić information content (AvgIpc) is 2.82. The van der Waals surface area contributed by atoms with Gasteiger partial charge in [0.05, 0.1) is 4.90 Å². The molecule has 0 spiro atoms. The molecule has 0 aromatic heterocycles.